The Bertz CT molecular complexity index is 545. The Labute approximate surface area is 135 Å². The fourth-order valence-electron chi connectivity index (χ4n) is 2.22. The summed E-state index contributed by atoms with van der Waals surface area (Å²) in [6, 6.07) is 6.88. The van der Waals surface area contributed by atoms with Crippen LogP contribution in [0.15, 0.2) is 33.6 Å². The molecule has 0 radical (unpaired) electrons. The molecule has 0 bridgehead atoms. The van der Waals surface area contributed by atoms with Crippen LogP contribution in [0.5, 0.6) is 0 Å². The lowest BCUT2D eigenvalue weighted by atomic mass is 9.81. The topological polar surface area (TPSA) is 58.2 Å². The van der Waals surface area contributed by atoms with Crippen molar-refractivity contribution in [3.8, 4) is 0 Å². The highest BCUT2D eigenvalue weighted by atomic mass is 79.9. The molecule has 0 spiro atoms. The predicted octanol–water partition coefficient (Wildman–Crippen LogP) is 2.54. The van der Waals surface area contributed by atoms with E-state index in [9.17, 15) is 8.42 Å². The third-order valence-electron chi connectivity index (χ3n) is 3.63. The van der Waals surface area contributed by atoms with E-state index in [2.05, 4.69) is 32.9 Å². The fourth-order valence-corrected chi connectivity index (χ4v) is 4.42. The third kappa shape index (κ3) is 4.43. The Balaban J connectivity index is 0.00000200. The molecule has 1 aromatic carbocycles. The molecule has 7 heteroatoms. The first-order valence-corrected chi connectivity index (χ1v) is 8.66. The van der Waals surface area contributed by atoms with Crippen LogP contribution in [0, 0.1) is 5.41 Å². The monoisotopic (exact) mass is 382 g/mol. The minimum absolute atomic E-state index is 0. The van der Waals surface area contributed by atoms with Crippen molar-refractivity contribution in [2.24, 2.45) is 5.41 Å². The highest BCUT2D eigenvalue weighted by Crippen LogP contribution is 2.28. The van der Waals surface area contributed by atoms with Gasteiger partial charge in [-0.1, -0.05) is 19.1 Å². The lowest BCUT2D eigenvalue weighted by Gasteiger charge is -2.34. The SMILES string of the molecule is CC1(CNS(=O)(=O)c2ccccc2Br)CCNCC1.Cl. The van der Waals surface area contributed by atoms with Crippen LogP contribution in [0.3, 0.4) is 0 Å². The number of hydrogen-bond donors (Lipinski definition) is 2. The maximum atomic E-state index is 12.3. The average molecular weight is 384 g/mol. The van der Waals surface area contributed by atoms with Crippen LogP contribution in [0.4, 0.5) is 0 Å². The van der Waals surface area contributed by atoms with Gasteiger partial charge in [0.25, 0.3) is 0 Å². The predicted molar refractivity (Wildman–Crippen MR) is 86.8 cm³/mol. The molecule has 0 aliphatic carbocycles. The van der Waals surface area contributed by atoms with Crippen LogP contribution in [0.1, 0.15) is 19.8 Å². The van der Waals surface area contributed by atoms with Gasteiger partial charge in [-0.3, -0.25) is 0 Å². The number of nitrogens with one attached hydrogen (secondary N) is 2. The first kappa shape index (κ1) is 17.9. The average Bonchev–Trinajstić information content (AvgIpc) is 2.38. The van der Waals surface area contributed by atoms with Gasteiger partial charge in [0.1, 0.15) is 0 Å². The van der Waals surface area contributed by atoms with Crippen molar-refractivity contribution in [2.45, 2.75) is 24.7 Å². The highest BCUT2D eigenvalue weighted by Gasteiger charge is 2.29. The zero-order valence-corrected chi connectivity index (χ0v) is 14.6. The largest absolute Gasteiger partial charge is 0.317 e. The second-order valence-corrected chi connectivity index (χ2v) is 7.91. The number of rotatable bonds is 4. The molecule has 1 saturated heterocycles. The number of sulfonamides is 1. The molecule has 0 unspecified atom stereocenters. The molecule has 0 aromatic heterocycles. The van der Waals surface area contributed by atoms with Crippen molar-refractivity contribution in [2.75, 3.05) is 19.6 Å². The number of piperidine rings is 1. The quantitative estimate of drug-likeness (QED) is 0.840. The molecule has 1 aromatic rings. The van der Waals surface area contributed by atoms with Crippen molar-refractivity contribution in [1.82, 2.24) is 10.0 Å². The highest BCUT2D eigenvalue weighted by molar-refractivity contribution is 9.10. The summed E-state index contributed by atoms with van der Waals surface area (Å²) in [5.41, 5.74) is 0.0412. The zero-order valence-electron chi connectivity index (χ0n) is 11.4. The van der Waals surface area contributed by atoms with Gasteiger partial charge in [-0.15, -0.1) is 12.4 Å². The van der Waals surface area contributed by atoms with Crippen LogP contribution in [-0.4, -0.2) is 28.1 Å². The summed E-state index contributed by atoms with van der Waals surface area (Å²) < 4.78 is 27.9. The minimum Gasteiger partial charge on any atom is -0.317 e. The van der Waals surface area contributed by atoms with Gasteiger partial charge in [0.05, 0.1) is 4.90 Å². The van der Waals surface area contributed by atoms with E-state index in [-0.39, 0.29) is 17.8 Å². The summed E-state index contributed by atoms with van der Waals surface area (Å²) in [4.78, 5) is 0.299. The lowest BCUT2D eigenvalue weighted by Crippen LogP contribution is -2.42. The molecule has 2 rings (SSSR count). The van der Waals surface area contributed by atoms with Crippen LogP contribution in [0.25, 0.3) is 0 Å². The summed E-state index contributed by atoms with van der Waals surface area (Å²) in [6.07, 6.45) is 1.98. The molecule has 1 fully saturated rings. The van der Waals surface area contributed by atoms with E-state index in [1.54, 1.807) is 24.3 Å². The molecule has 2 N–H and O–H groups in total. The smallest absolute Gasteiger partial charge is 0.241 e. The Kier molecular flexibility index (Phi) is 6.47. The van der Waals surface area contributed by atoms with Crippen molar-refractivity contribution >= 4 is 38.4 Å². The standard InChI is InChI=1S/C13H19BrN2O2S.ClH/c1-13(6-8-15-9-7-13)10-16-19(17,18)12-5-3-2-4-11(12)14;/h2-5,15-16H,6-10H2,1H3;1H. The maximum Gasteiger partial charge on any atom is 0.241 e. The third-order valence-corrected chi connectivity index (χ3v) is 6.04. The second-order valence-electron chi connectivity index (χ2n) is 5.32. The maximum absolute atomic E-state index is 12.3. The van der Waals surface area contributed by atoms with E-state index in [0.29, 0.717) is 15.9 Å². The number of hydrogen-bond acceptors (Lipinski definition) is 3. The summed E-state index contributed by atoms with van der Waals surface area (Å²) in [5.74, 6) is 0. The van der Waals surface area contributed by atoms with Crippen LogP contribution in [0.2, 0.25) is 0 Å². The Morgan fingerprint density at radius 3 is 2.50 bits per heavy atom. The van der Waals surface area contributed by atoms with Gasteiger partial charge in [-0.25, -0.2) is 13.1 Å². The van der Waals surface area contributed by atoms with Crippen LogP contribution < -0.4 is 10.0 Å². The van der Waals surface area contributed by atoms with Gasteiger partial charge in [0.15, 0.2) is 0 Å². The van der Waals surface area contributed by atoms with Crippen molar-refractivity contribution in [1.29, 1.82) is 0 Å². The van der Waals surface area contributed by atoms with E-state index < -0.39 is 10.0 Å². The van der Waals surface area contributed by atoms with Crippen molar-refractivity contribution in [3.63, 3.8) is 0 Å². The van der Waals surface area contributed by atoms with E-state index in [4.69, 9.17) is 0 Å². The second kappa shape index (κ2) is 7.22. The van der Waals surface area contributed by atoms with E-state index >= 15 is 0 Å². The van der Waals surface area contributed by atoms with Gasteiger partial charge >= 0.3 is 0 Å². The number of benzene rings is 1. The molecule has 1 aliphatic heterocycles. The Morgan fingerprint density at radius 1 is 1.30 bits per heavy atom. The summed E-state index contributed by atoms with van der Waals surface area (Å²) in [7, 11) is -3.45. The molecule has 1 heterocycles. The Morgan fingerprint density at radius 2 is 1.90 bits per heavy atom. The van der Waals surface area contributed by atoms with Gasteiger partial charge in [0.2, 0.25) is 10.0 Å². The lowest BCUT2D eigenvalue weighted by molar-refractivity contribution is 0.232. The molecule has 4 nitrogen and oxygen atoms in total. The normalized spacial score (nSPS) is 18.3. The minimum atomic E-state index is -3.45. The summed E-state index contributed by atoms with van der Waals surface area (Å²) in [5, 5.41) is 3.29. The number of halogens is 2. The molecule has 0 amide bonds. The summed E-state index contributed by atoms with van der Waals surface area (Å²) >= 11 is 3.28. The molecule has 1 aliphatic rings. The van der Waals surface area contributed by atoms with Crippen LogP contribution in [-0.2, 0) is 10.0 Å². The molecular formula is C13H20BrClN2O2S. The van der Waals surface area contributed by atoms with Crippen LogP contribution >= 0.6 is 28.3 Å². The summed E-state index contributed by atoms with van der Waals surface area (Å²) in [6.45, 7) is 4.52. The molecular weight excluding hydrogens is 364 g/mol. The first-order chi connectivity index (χ1) is 8.93. The van der Waals surface area contributed by atoms with Gasteiger partial charge < -0.3 is 5.32 Å². The van der Waals surface area contributed by atoms with Gasteiger partial charge in [-0.05, 0) is 59.4 Å². The van der Waals surface area contributed by atoms with E-state index in [1.165, 1.54) is 0 Å². The van der Waals surface area contributed by atoms with Gasteiger partial charge in [0, 0.05) is 11.0 Å². The van der Waals surface area contributed by atoms with Crippen molar-refractivity contribution in [3.05, 3.63) is 28.7 Å². The first-order valence-electron chi connectivity index (χ1n) is 6.38. The van der Waals surface area contributed by atoms with Crippen molar-refractivity contribution < 1.29 is 8.42 Å². The molecule has 0 saturated carbocycles. The van der Waals surface area contributed by atoms with E-state index in [0.717, 1.165) is 25.9 Å². The zero-order chi connectivity index (χ0) is 13.9. The van der Waals surface area contributed by atoms with Gasteiger partial charge in [-0.2, -0.15) is 0 Å². The molecule has 0 atom stereocenters. The molecule has 20 heavy (non-hydrogen) atoms. The Hall–Kier alpha value is -0.140. The molecule has 114 valence electrons. The van der Waals surface area contributed by atoms with E-state index in [1.807, 2.05) is 0 Å². The fraction of sp³-hybridized carbons (Fsp3) is 0.538.